The Labute approximate surface area is 191 Å². The van der Waals surface area contributed by atoms with Crippen LogP contribution >= 0.6 is 0 Å². The molecule has 0 aliphatic heterocycles. The number of hydrogen-bond donors (Lipinski definition) is 0. The summed E-state index contributed by atoms with van der Waals surface area (Å²) in [6.45, 7) is 13.5. The molecule has 2 rings (SSSR count). The summed E-state index contributed by atoms with van der Waals surface area (Å²) in [4.78, 5) is 0. The predicted molar refractivity (Wildman–Crippen MR) is 107 cm³/mol. The molecule has 0 saturated carbocycles. The molecule has 0 aromatic carbocycles. The zero-order valence-corrected chi connectivity index (χ0v) is 23.7. The van der Waals surface area contributed by atoms with Gasteiger partial charge in [-0.15, -0.1) is 12.8 Å². The second-order valence-corrected chi connectivity index (χ2v) is 19.7. The Kier molecular flexibility index (Phi) is 24.5. The third-order valence-electron chi connectivity index (χ3n) is 3.63. The van der Waals surface area contributed by atoms with Crippen molar-refractivity contribution in [2.75, 3.05) is 0 Å². The smallest absolute Gasteiger partial charge is 1.00 e. The Morgan fingerprint density at radius 3 is 1.35 bits per heavy atom. The third kappa shape index (κ3) is 19.4. The minimum absolute atomic E-state index is 0. The molecule has 0 saturated heterocycles. The molecular weight excluding hydrogens is 542 g/mol. The molecule has 0 fully saturated rings. The molecule has 0 amide bonds. The van der Waals surface area contributed by atoms with Crippen LogP contribution in [0.25, 0.3) is 0 Å². The van der Waals surface area contributed by atoms with Crippen LogP contribution in [0, 0.1) is 12.2 Å². The van der Waals surface area contributed by atoms with Gasteiger partial charge in [0.2, 0.25) is 0 Å². The van der Waals surface area contributed by atoms with Gasteiger partial charge in [-0.3, -0.25) is 12.2 Å². The monoisotopic (exact) mass is 578 g/mol. The van der Waals surface area contributed by atoms with Crippen molar-refractivity contribution in [2.45, 2.75) is 92.2 Å². The van der Waals surface area contributed by atoms with E-state index in [0.29, 0.717) is 0 Å². The maximum atomic E-state index is 3.37. The van der Waals surface area contributed by atoms with Gasteiger partial charge in [0.15, 0.2) is 0 Å². The average molecular weight is 578 g/mol. The minimum Gasteiger partial charge on any atom is -1.00 e. The summed E-state index contributed by atoms with van der Waals surface area (Å²) in [7, 11) is 0. The van der Waals surface area contributed by atoms with E-state index in [1.807, 2.05) is 0 Å². The minimum atomic E-state index is 0. The molecule has 0 nitrogen and oxygen atoms in total. The van der Waals surface area contributed by atoms with E-state index in [2.05, 4.69) is 65.1 Å². The Morgan fingerprint density at radius 2 is 1.15 bits per heavy atom. The van der Waals surface area contributed by atoms with Crippen LogP contribution < -0.4 is 24.8 Å². The van der Waals surface area contributed by atoms with Crippen molar-refractivity contribution in [2.24, 2.45) is 0 Å². The molecule has 0 bridgehead atoms. The van der Waals surface area contributed by atoms with Crippen LogP contribution in [0.1, 0.15) is 79.1 Å². The van der Waals surface area contributed by atoms with Crippen molar-refractivity contribution >= 4 is 5.49 Å². The van der Waals surface area contributed by atoms with Crippen LogP contribution in [0.2, 0.25) is 13.1 Å². The number of unbranched alkanes of at least 4 members (excludes halogenated alkanes) is 2. The van der Waals surface area contributed by atoms with E-state index in [1.165, 1.54) is 83.8 Å². The van der Waals surface area contributed by atoms with Gasteiger partial charge < -0.3 is 24.8 Å². The van der Waals surface area contributed by atoms with Crippen LogP contribution in [-0.2, 0) is 23.0 Å². The second-order valence-electron chi connectivity index (χ2n) is 6.95. The SMILES string of the molecule is CCCCC1=[C-]CC(C)=C1.CCCCC1=[C-]CC(C)=C1.C[Si](C)=[Hf+2].[Cl-].[Cl-]. The van der Waals surface area contributed by atoms with Crippen LogP contribution in [0.3, 0.4) is 0 Å². The van der Waals surface area contributed by atoms with Gasteiger partial charge >= 0.3 is 41.6 Å². The molecule has 2 aliphatic rings. The molecule has 0 spiro atoms. The zero-order chi connectivity index (χ0) is 18.4. The van der Waals surface area contributed by atoms with E-state index < -0.39 is 0 Å². The van der Waals surface area contributed by atoms with Crippen molar-refractivity contribution in [1.82, 2.24) is 0 Å². The van der Waals surface area contributed by atoms with Gasteiger partial charge in [0.05, 0.1) is 0 Å². The van der Waals surface area contributed by atoms with Crippen molar-refractivity contribution < 1.29 is 47.8 Å². The van der Waals surface area contributed by atoms with Crippen molar-refractivity contribution in [3.63, 3.8) is 0 Å². The molecule has 148 valence electrons. The van der Waals surface area contributed by atoms with Gasteiger partial charge in [0.25, 0.3) is 0 Å². The largest absolute Gasteiger partial charge is 1.00 e. The van der Waals surface area contributed by atoms with Gasteiger partial charge in [-0.05, 0) is 0 Å². The molecule has 0 aromatic rings. The number of halogens is 2. The van der Waals surface area contributed by atoms with Crippen LogP contribution in [0.15, 0.2) is 34.4 Å². The normalized spacial score (nSPS) is 14.2. The fourth-order valence-electron chi connectivity index (χ4n) is 2.36. The Hall–Kier alpha value is 0.627. The number of rotatable bonds is 6. The first-order valence-electron chi connectivity index (χ1n) is 9.44. The van der Waals surface area contributed by atoms with Gasteiger partial charge in [-0.1, -0.05) is 66.2 Å². The van der Waals surface area contributed by atoms with E-state index in [9.17, 15) is 0 Å². The van der Waals surface area contributed by atoms with Crippen LogP contribution in [0.5, 0.6) is 0 Å². The van der Waals surface area contributed by atoms with Crippen LogP contribution in [0.4, 0.5) is 0 Å². The fraction of sp³-hybridized carbons (Fsp3) is 0.636. The summed E-state index contributed by atoms with van der Waals surface area (Å²) in [5, 5.41) is 0. The van der Waals surface area contributed by atoms with E-state index in [4.69, 9.17) is 0 Å². The van der Waals surface area contributed by atoms with Gasteiger partial charge in [-0.2, -0.15) is 11.1 Å². The molecule has 0 heterocycles. The fourth-order valence-corrected chi connectivity index (χ4v) is 2.36. The predicted octanol–water partition coefficient (Wildman–Crippen LogP) is 1.30. The third-order valence-corrected chi connectivity index (χ3v) is 3.63. The molecule has 0 unspecified atom stereocenters. The summed E-state index contributed by atoms with van der Waals surface area (Å²) >= 11 is 1.45. The number of allylic oxidation sites excluding steroid dienone is 8. The van der Waals surface area contributed by atoms with E-state index >= 15 is 0 Å². The molecular formula is C22H36Cl2HfSi-2. The summed E-state index contributed by atoms with van der Waals surface area (Å²) in [5.41, 5.74) is 6.05. The average Bonchev–Trinajstić information content (AvgIpc) is 3.11. The van der Waals surface area contributed by atoms with Crippen molar-refractivity contribution in [3.05, 3.63) is 46.6 Å². The first-order chi connectivity index (χ1) is 11.4. The summed E-state index contributed by atoms with van der Waals surface area (Å²) in [5.74, 6) is 0. The second kappa shape index (κ2) is 20.4. The van der Waals surface area contributed by atoms with E-state index in [0.717, 1.165) is 12.8 Å². The molecule has 0 radical (unpaired) electrons. The molecule has 4 heteroatoms. The quantitative estimate of drug-likeness (QED) is 0.330. The zero-order valence-electron chi connectivity index (χ0n) is 17.6. The van der Waals surface area contributed by atoms with E-state index in [-0.39, 0.29) is 30.3 Å². The summed E-state index contributed by atoms with van der Waals surface area (Å²) in [6.07, 6.45) is 21.1. The van der Waals surface area contributed by atoms with Crippen LogP contribution in [-0.4, -0.2) is 5.49 Å². The summed E-state index contributed by atoms with van der Waals surface area (Å²) < 4.78 is 0. The van der Waals surface area contributed by atoms with Gasteiger partial charge in [-0.25, -0.2) is 23.3 Å². The maximum absolute atomic E-state index is 3.37. The van der Waals surface area contributed by atoms with Gasteiger partial charge in [0.1, 0.15) is 0 Å². The molecule has 0 N–H and O–H groups in total. The number of hydrogen-bond acceptors (Lipinski definition) is 0. The van der Waals surface area contributed by atoms with Gasteiger partial charge in [0, 0.05) is 0 Å². The standard InChI is InChI=1S/2C10H15.C2H6Si.2ClH.Hf/c2*1-3-4-5-10-7-6-9(2)8-10;1-3-2;;;/h2*8H,3-6H2,1-2H3;1-2H3;2*1H;/q2*-1;;;;+2/p-2. The Bertz CT molecular complexity index is 458. The molecule has 0 atom stereocenters. The molecule has 2 aliphatic carbocycles. The maximum Gasteiger partial charge on any atom is -1.00 e. The summed E-state index contributed by atoms with van der Waals surface area (Å²) in [6, 6.07) is 0. The van der Waals surface area contributed by atoms with Crippen molar-refractivity contribution in [3.8, 4) is 0 Å². The first kappa shape index (κ1) is 31.3. The molecule has 0 aromatic heterocycles. The Balaban J connectivity index is -0.000000319. The molecule has 26 heavy (non-hydrogen) atoms. The topological polar surface area (TPSA) is 0 Å². The van der Waals surface area contributed by atoms with Crippen molar-refractivity contribution in [1.29, 1.82) is 0 Å². The first-order valence-corrected chi connectivity index (χ1v) is 17.3. The van der Waals surface area contributed by atoms with E-state index in [1.54, 1.807) is 0 Å². The Morgan fingerprint density at radius 1 is 0.846 bits per heavy atom.